The van der Waals surface area contributed by atoms with E-state index in [1.165, 1.54) is 18.3 Å². The van der Waals surface area contributed by atoms with Gasteiger partial charge in [0.05, 0.1) is 24.7 Å². The number of anilines is 1. The number of thiazole rings is 1. The minimum Gasteiger partial charge on any atom is -0.376 e. The number of aromatic amines is 1. The highest BCUT2D eigenvalue weighted by molar-refractivity contribution is 7.17. The number of hydrogen-bond acceptors (Lipinski definition) is 6. The fourth-order valence-electron chi connectivity index (χ4n) is 2.85. The van der Waals surface area contributed by atoms with E-state index in [0.717, 1.165) is 25.1 Å². The van der Waals surface area contributed by atoms with Crippen LogP contribution in [0.4, 0.5) is 5.13 Å². The van der Waals surface area contributed by atoms with Gasteiger partial charge < -0.3 is 15.0 Å². The lowest BCUT2D eigenvalue weighted by Crippen LogP contribution is -2.35. The molecule has 0 saturated carbocycles. The number of imidazole rings is 1. The lowest BCUT2D eigenvalue weighted by molar-refractivity contribution is -0.116. The highest BCUT2D eigenvalue weighted by atomic mass is 32.1. The Morgan fingerprint density at radius 1 is 1.50 bits per heavy atom. The van der Waals surface area contributed by atoms with Gasteiger partial charge in [0.15, 0.2) is 5.13 Å². The number of hydrogen-bond donors (Lipinski definition) is 2. The molecule has 1 fully saturated rings. The van der Waals surface area contributed by atoms with Crippen molar-refractivity contribution < 1.29 is 14.3 Å². The van der Waals surface area contributed by atoms with Crippen LogP contribution < -0.4 is 10.2 Å². The molecule has 0 bridgehead atoms. The fourth-order valence-corrected chi connectivity index (χ4v) is 3.89. The number of aromatic nitrogens is 3. The molecule has 140 valence electrons. The molecule has 0 radical (unpaired) electrons. The van der Waals surface area contributed by atoms with Gasteiger partial charge in [0.1, 0.15) is 4.88 Å². The third-order valence-electron chi connectivity index (χ3n) is 4.25. The van der Waals surface area contributed by atoms with E-state index in [2.05, 4.69) is 20.3 Å². The molecular weight excluding hydrogens is 354 g/mol. The molecule has 0 aromatic carbocycles. The van der Waals surface area contributed by atoms with Crippen molar-refractivity contribution in [2.24, 2.45) is 0 Å². The first-order chi connectivity index (χ1) is 12.5. The third kappa shape index (κ3) is 4.47. The van der Waals surface area contributed by atoms with Crippen LogP contribution in [-0.2, 0) is 16.0 Å². The van der Waals surface area contributed by atoms with Gasteiger partial charge in [0, 0.05) is 38.4 Å². The van der Waals surface area contributed by atoms with E-state index in [0.29, 0.717) is 35.2 Å². The minimum atomic E-state index is -0.175. The molecule has 1 saturated heterocycles. The maximum Gasteiger partial charge on any atom is 0.263 e. The second-order valence-corrected chi connectivity index (χ2v) is 7.24. The second kappa shape index (κ2) is 8.41. The first-order valence-electron chi connectivity index (χ1n) is 8.67. The summed E-state index contributed by atoms with van der Waals surface area (Å²) in [6.07, 6.45) is 6.01. The fraction of sp³-hybridized carbons (Fsp3) is 0.529. The van der Waals surface area contributed by atoms with E-state index in [9.17, 15) is 9.59 Å². The van der Waals surface area contributed by atoms with E-state index in [4.69, 9.17) is 4.74 Å². The molecule has 0 unspecified atom stereocenters. The number of aryl methyl sites for hydroxylation is 1. The lowest BCUT2D eigenvalue weighted by Gasteiger charge is -2.21. The molecule has 2 aromatic heterocycles. The van der Waals surface area contributed by atoms with E-state index >= 15 is 0 Å². The van der Waals surface area contributed by atoms with Crippen molar-refractivity contribution in [3.63, 3.8) is 0 Å². The summed E-state index contributed by atoms with van der Waals surface area (Å²) in [6, 6.07) is 0. The molecule has 0 aliphatic carbocycles. The Morgan fingerprint density at radius 3 is 3.00 bits per heavy atom. The summed E-state index contributed by atoms with van der Waals surface area (Å²) in [5, 5.41) is 3.43. The number of rotatable bonds is 7. The summed E-state index contributed by atoms with van der Waals surface area (Å²) >= 11 is 1.24. The van der Waals surface area contributed by atoms with Crippen molar-refractivity contribution in [1.82, 2.24) is 20.3 Å². The summed E-state index contributed by atoms with van der Waals surface area (Å²) in [6.45, 7) is 5.00. The maximum absolute atomic E-state index is 12.4. The van der Waals surface area contributed by atoms with Crippen molar-refractivity contribution in [3.8, 4) is 0 Å². The van der Waals surface area contributed by atoms with Gasteiger partial charge in [-0.05, 0) is 19.8 Å². The monoisotopic (exact) mass is 377 g/mol. The smallest absolute Gasteiger partial charge is 0.263 e. The maximum atomic E-state index is 12.4. The van der Waals surface area contributed by atoms with Crippen molar-refractivity contribution in [2.75, 3.05) is 24.6 Å². The second-order valence-electron chi connectivity index (χ2n) is 6.26. The zero-order valence-electron chi connectivity index (χ0n) is 14.9. The van der Waals surface area contributed by atoms with Gasteiger partial charge in [-0.1, -0.05) is 11.3 Å². The summed E-state index contributed by atoms with van der Waals surface area (Å²) in [5.74, 6) is -0.271. The molecule has 8 nitrogen and oxygen atoms in total. The van der Waals surface area contributed by atoms with Crippen LogP contribution in [0.15, 0.2) is 12.5 Å². The topological polar surface area (TPSA) is 100 Å². The van der Waals surface area contributed by atoms with Gasteiger partial charge in [-0.2, -0.15) is 0 Å². The van der Waals surface area contributed by atoms with Gasteiger partial charge in [-0.3, -0.25) is 14.5 Å². The first kappa shape index (κ1) is 18.5. The van der Waals surface area contributed by atoms with Crippen LogP contribution in [0.5, 0.6) is 0 Å². The number of H-pyrrole nitrogens is 1. The van der Waals surface area contributed by atoms with E-state index in [1.54, 1.807) is 24.3 Å². The average molecular weight is 377 g/mol. The highest BCUT2D eigenvalue weighted by Gasteiger charge is 2.25. The summed E-state index contributed by atoms with van der Waals surface area (Å²) in [5.41, 5.74) is 1.59. The quantitative estimate of drug-likeness (QED) is 0.765. The van der Waals surface area contributed by atoms with Gasteiger partial charge in [0.25, 0.3) is 5.91 Å². The van der Waals surface area contributed by atoms with Crippen molar-refractivity contribution in [1.29, 1.82) is 0 Å². The van der Waals surface area contributed by atoms with E-state index in [-0.39, 0.29) is 17.9 Å². The number of amides is 2. The summed E-state index contributed by atoms with van der Waals surface area (Å²) in [4.78, 5) is 38.0. The van der Waals surface area contributed by atoms with Crippen LogP contribution >= 0.6 is 11.3 Å². The van der Waals surface area contributed by atoms with E-state index < -0.39 is 0 Å². The minimum absolute atomic E-state index is 0.0368. The summed E-state index contributed by atoms with van der Waals surface area (Å²) in [7, 11) is 0. The third-order valence-corrected chi connectivity index (χ3v) is 5.43. The molecule has 0 spiro atoms. The van der Waals surface area contributed by atoms with Crippen LogP contribution in [0.2, 0.25) is 0 Å². The van der Waals surface area contributed by atoms with Crippen LogP contribution in [0.3, 0.4) is 0 Å². The number of carbonyl (C=O) groups excluding carboxylic acids is 2. The van der Waals surface area contributed by atoms with Crippen LogP contribution in [0, 0.1) is 6.92 Å². The standard InChI is InChI=1S/C17H23N5O3S/c1-11-15(16(24)19-6-5-13-8-18-10-20-13)26-17(21-11)22(12(2)23)9-14-4-3-7-25-14/h8,10,14H,3-7,9H2,1-2H3,(H,18,20)(H,19,24)/t14-/m1/s1. The van der Waals surface area contributed by atoms with Crippen molar-refractivity contribution in [2.45, 2.75) is 39.2 Å². The van der Waals surface area contributed by atoms with Crippen molar-refractivity contribution in [3.05, 3.63) is 28.8 Å². The zero-order valence-corrected chi connectivity index (χ0v) is 15.8. The van der Waals surface area contributed by atoms with Crippen LogP contribution in [0.25, 0.3) is 0 Å². The number of nitrogens with zero attached hydrogens (tertiary/aromatic N) is 3. The molecule has 3 rings (SSSR count). The molecule has 1 aliphatic heterocycles. The Bertz CT molecular complexity index is 753. The Balaban J connectivity index is 1.64. The summed E-state index contributed by atoms with van der Waals surface area (Å²) < 4.78 is 5.62. The van der Waals surface area contributed by atoms with Crippen molar-refractivity contribution >= 4 is 28.3 Å². The SMILES string of the molecule is CC(=O)N(C[C@H]1CCCO1)c1nc(C)c(C(=O)NCCc2cnc[nH]2)s1. The van der Waals surface area contributed by atoms with Crippen LogP contribution in [-0.4, -0.2) is 52.6 Å². The van der Waals surface area contributed by atoms with Gasteiger partial charge in [0.2, 0.25) is 5.91 Å². The Hall–Kier alpha value is -2.26. The predicted molar refractivity (Wildman–Crippen MR) is 98.5 cm³/mol. The first-order valence-corrected chi connectivity index (χ1v) is 9.49. The molecule has 1 atom stereocenters. The Morgan fingerprint density at radius 2 is 2.35 bits per heavy atom. The molecule has 2 N–H and O–H groups in total. The number of carbonyl (C=O) groups is 2. The lowest BCUT2D eigenvalue weighted by atomic mass is 10.2. The Kier molecular flexibility index (Phi) is 6.00. The highest BCUT2D eigenvalue weighted by Crippen LogP contribution is 2.27. The average Bonchev–Trinajstić information content (AvgIpc) is 3.34. The van der Waals surface area contributed by atoms with Gasteiger partial charge in [-0.15, -0.1) is 0 Å². The predicted octanol–water partition coefficient (Wildman–Crippen LogP) is 1.68. The van der Waals surface area contributed by atoms with E-state index in [1.807, 2.05) is 0 Å². The molecule has 9 heteroatoms. The number of ether oxygens (including phenoxy) is 1. The molecule has 3 heterocycles. The van der Waals surface area contributed by atoms with Crippen LogP contribution in [0.1, 0.15) is 40.8 Å². The molecule has 1 aliphatic rings. The molecule has 2 amide bonds. The molecule has 2 aromatic rings. The molecule has 26 heavy (non-hydrogen) atoms. The normalized spacial score (nSPS) is 16.6. The Labute approximate surface area is 156 Å². The zero-order chi connectivity index (χ0) is 18.5. The van der Waals surface area contributed by atoms with Gasteiger partial charge >= 0.3 is 0 Å². The largest absolute Gasteiger partial charge is 0.376 e. The molecular formula is C17H23N5O3S. The van der Waals surface area contributed by atoms with Gasteiger partial charge in [-0.25, -0.2) is 9.97 Å². The number of nitrogens with one attached hydrogen (secondary N) is 2.